The molecule has 0 atom stereocenters. The van der Waals surface area contributed by atoms with Gasteiger partial charge in [0.25, 0.3) is 0 Å². The average Bonchev–Trinajstić information content (AvgIpc) is 2.43. The van der Waals surface area contributed by atoms with Crippen molar-refractivity contribution in [2.75, 3.05) is 12.4 Å². The highest BCUT2D eigenvalue weighted by Gasteiger charge is 2.16. The molecule has 1 aromatic carbocycles. The minimum absolute atomic E-state index is 0.0186. The molecule has 0 aliphatic heterocycles. The molecule has 1 heterocycles. The SMILES string of the molecule is COC(=O)Cc1c(Cl)nc(C)nc1Nc1ccccc1. The van der Waals surface area contributed by atoms with Gasteiger partial charge < -0.3 is 10.1 Å². The van der Waals surface area contributed by atoms with Gasteiger partial charge in [-0.1, -0.05) is 29.8 Å². The quantitative estimate of drug-likeness (QED) is 0.693. The number of halogens is 1. The summed E-state index contributed by atoms with van der Waals surface area (Å²) in [6.45, 7) is 1.74. The summed E-state index contributed by atoms with van der Waals surface area (Å²) in [7, 11) is 1.33. The van der Waals surface area contributed by atoms with Gasteiger partial charge in [-0.25, -0.2) is 9.97 Å². The van der Waals surface area contributed by atoms with E-state index in [1.165, 1.54) is 7.11 Å². The Labute approximate surface area is 122 Å². The van der Waals surface area contributed by atoms with Gasteiger partial charge in [0.1, 0.15) is 16.8 Å². The minimum Gasteiger partial charge on any atom is -0.469 e. The van der Waals surface area contributed by atoms with Gasteiger partial charge in [0.15, 0.2) is 0 Å². The summed E-state index contributed by atoms with van der Waals surface area (Å²) in [5, 5.41) is 3.39. The van der Waals surface area contributed by atoms with Crippen molar-refractivity contribution in [1.82, 2.24) is 9.97 Å². The Hall–Kier alpha value is -2.14. The molecule has 0 spiro atoms. The van der Waals surface area contributed by atoms with Crippen molar-refractivity contribution in [1.29, 1.82) is 0 Å². The number of para-hydroxylation sites is 1. The molecule has 2 rings (SSSR count). The van der Waals surface area contributed by atoms with Gasteiger partial charge in [0, 0.05) is 11.3 Å². The number of nitrogens with one attached hydrogen (secondary N) is 1. The third kappa shape index (κ3) is 3.45. The molecule has 1 N–H and O–H groups in total. The molecule has 0 saturated carbocycles. The lowest BCUT2D eigenvalue weighted by atomic mass is 10.2. The van der Waals surface area contributed by atoms with E-state index in [2.05, 4.69) is 20.0 Å². The Morgan fingerprint density at radius 1 is 1.30 bits per heavy atom. The summed E-state index contributed by atoms with van der Waals surface area (Å²) in [5.74, 6) is 0.650. The van der Waals surface area contributed by atoms with E-state index in [9.17, 15) is 4.79 Å². The number of esters is 1. The molecule has 0 amide bonds. The van der Waals surface area contributed by atoms with Crippen LogP contribution >= 0.6 is 11.6 Å². The highest BCUT2D eigenvalue weighted by molar-refractivity contribution is 6.30. The fourth-order valence-corrected chi connectivity index (χ4v) is 1.97. The Morgan fingerprint density at radius 2 is 2.00 bits per heavy atom. The van der Waals surface area contributed by atoms with Gasteiger partial charge in [-0.05, 0) is 19.1 Å². The number of aromatic nitrogens is 2. The molecule has 0 aliphatic rings. The maximum absolute atomic E-state index is 11.5. The molecule has 0 bridgehead atoms. The van der Waals surface area contributed by atoms with Crippen LogP contribution in [0.25, 0.3) is 0 Å². The van der Waals surface area contributed by atoms with Crippen LogP contribution in [0.3, 0.4) is 0 Å². The number of hydrogen-bond donors (Lipinski definition) is 1. The van der Waals surface area contributed by atoms with Gasteiger partial charge in [-0.15, -0.1) is 0 Å². The summed E-state index contributed by atoms with van der Waals surface area (Å²) in [5.41, 5.74) is 1.38. The maximum Gasteiger partial charge on any atom is 0.310 e. The zero-order valence-electron chi connectivity index (χ0n) is 11.2. The van der Waals surface area contributed by atoms with E-state index in [0.717, 1.165) is 5.69 Å². The predicted molar refractivity (Wildman–Crippen MR) is 77.2 cm³/mol. The van der Waals surface area contributed by atoms with Crippen LogP contribution in [0.1, 0.15) is 11.4 Å². The van der Waals surface area contributed by atoms with Gasteiger partial charge in [-0.2, -0.15) is 0 Å². The van der Waals surface area contributed by atoms with Crippen LogP contribution in [0.15, 0.2) is 30.3 Å². The molecule has 2 aromatic rings. The van der Waals surface area contributed by atoms with Gasteiger partial charge >= 0.3 is 5.97 Å². The molecule has 1 aromatic heterocycles. The van der Waals surface area contributed by atoms with Crippen molar-refractivity contribution >= 4 is 29.1 Å². The van der Waals surface area contributed by atoms with Crippen LogP contribution in [0.4, 0.5) is 11.5 Å². The summed E-state index contributed by atoms with van der Waals surface area (Å²) in [6.07, 6.45) is 0.0186. The van der Waals surface area contributed by atoms with Crippen LogP contribution in [-0.4, -0.2) is 23.0 Å². The second-order valence-electron chi connectivity index (χ2n) is 4.13. The van der Waals surface area contributed by atoms with Gasteiger partial charge in [0.05, 0.1) is 13.5 Å². The third-order valence-electron chi connectivity index (χ3n) is 2.65. The van der Waals surface area contributed by atoms with E-state index < -0.39 is 5.97 Å². The summed E-state index contributed by atoms with van der Waals surface area (Å²) in [4.78, 5) is 19.8. The van der Waals surface area contributed by atoms with Crippen molar-refractivity contribution < 1.29 is 9.53 Å². The number of hydrogen-bond acceptors (Lipinski definition) is 5. The fraction of sp³-hybridized carbons (Fsp3) is 0.214. The Balaban J connectivity index is 2.37. The highest BCUT2D eigenvalue weighted by Crippen LogP contribution is 2.25. The number of benzene rings is 1. The molecule has 0 unspecified atom stereocenters. The lowest BCUT2D eigenvalue weighted by Gasteiger charge is -2.12. The Morgan fingerprint density at radius 3 is 2.65 bits per heavy atom. The lowest BCUT2D eigenvalue weighted by molar-refractivity contribution is -0.139. The summed E-state index contributed by atoms with van der Waals surface area (Å²) in [6, 6.07) is 9.51. The van der Waals surface area contributed by atoms with Gasteiger partial charge in [0.2, 0.25) is 0 Å². The third-order valence-corrected chi connectivity index (χ3v) is 2.97. The normalized spacial score (nSPS) is 10.2. The predicted octanol–water partition coefficient (Wildman–Crippen LogP) is 2.90. The number of methoxy groups -OCH3 is 1. The molecule has 0 radical (unpaired) electrons. The van der Waals surface area contributed by atoms with Crippen molar-refractivity contribution in [2.45, 2.75) is 13.3 Å². The van der Waals surface area contributed by atoms with Crippen LogP contribution < -0.4 is 5.32 Å². The molecular weight excluding hydrogens is 278 g/mol. The molecular formula is C14H14ClN3O2. The Bertz CT molecular complexity index is 617. The van der Waals surface area contributed by atoms with Crippen LogP contribution in [0.2, 0.25) is 5.15 Å². The zero-order chi connectivity index (χ0) is 14.5. The van der Waals surface area contributed by atoms with E-state index in [4.69, 9.17) is 11.6 Å². The Kier molecular flexibility index (Phi) is 4.53. The van der Waals surface area contributed by atoms with Crippen molar-refractivity contribution in [3.05, 3.63) is 46.9 Å². The molecule has 0 aliphatic carbocycles. The topological polar surface area (TPSA) is 64.1 Å². The first-order chi connectivity index (χ1) is 9.60. The summed E-state index contributed by atoms with van der Waals surface area (Å²) >= 11 is 6.10. The second kappa shape index (κ2) is 6.34. The summed E-state index contributed by atoms with van der Waals surface area (Å²) < 4.78 is 4.66. The van der Waals surface area contributed by atoms with Crippen molar-refractivity contribution in [2.24, 2.45) is 0 Å². The van der Waals surface area contributed by atoms with Gasteiger partial charge in [-0.3, -0.25) is 4.79 Å². The smallest absolute Gasteiger partial charge is 0.310 e. The number of ether oxygens (including phenoxy) is 1. The monoisotopic (exact) mass is 291 g/mol. The molecule has 104 valence electrons. The van der Waals surface area contributed by atoms with E-state index in [1.54, 1.807) is 6.92 Å². The van der Waals surface area contributed by atoms with Crippen LogP contribution in [-0.2, 0) is 16.0 Å². The number of carbonyl (C=O) groups is 1. The first kappa shape index (κ1) is 14.3. The number of aryl methyl sites for hydroxylation is 1. The number of nitrogens with zero attached hydrogens (tertiary/aromatic N) is 2. The number of carbonyl (C=O) groups excluding carboxylic acids is 1. The molecule has 20 heavy (non-hydrogen) atoms. The largest absolute Gasteiger partial charge is 0.469 e. The molecule has 0 saturated heterocycles. The van der Waals surface area contributed by atoms with Crippen molar-refractivity contribution in [3.63, 3.8) is 0 Å². The van der Waals surface area contributed by atoms with E-state index in [-0.39, 0.29) is 11.6 Å². The number of rotatable bonds is 4. The maximum atomic E-state index is 11.5. The average molecular weight is 292 g/mol. The van der Waals surface area contributed by atoms with E-state index in [1.807, 2.05) is 30.3 Å². The zero-order valence-corrected chi connectivity index (χ0v) is 11.9. The van der Waals surface area contributed by atoms with Crippen molar-refractivity contribution in [3.8, 4) is 0 Å². The lowest BCUT2D eigenvalue weighted by Crippen LogP contribution is -2.10. The molecule has 5 nitrogen and oxygen atoms in total. The fourth-order valence-electron chi connectivity index (χ4n) is 1.70. The van der Waals surface area contributed by atoms with E-state index in [0.29, 0.717) is 17.2 Å². The highest BCUT2D eigenvalue weighted by atomic mass is 35.5. The first-order valence-corrected chi connectivity index (χ1v) is 6.40. The standard InChI is InChI=1S/C14H14ClN3O2/c1-9-16-13(15)11(8-12(19)20-2)14(17-9)18-10-6-4-3-5-7-10/h3-7H,8H2,1-2H3,(H,16,17,18). The molecule has 0 fully saturated rings. The minimum atomic E-state index is -0.393. The number of anilines is 2. The van der Waals surface area contributed by atoms with Crippen LogP contribution in [0, 0.1) is 6.92 Å². The van der Waals surface area contributed by atoms with E-state index >= 15 is 0 Å². The molecule has 6 heteroatoms. The first-order valence-electron chi connectivity index (χ1n) is 6.02. The van der Waals surface area contributed by atoms with Crippen LogP contribution in [0.5, 0.6) is 0 Å². The second-order valence-corrected chi connectivity index (χ2v) is 4.49.